The second kappa shape index (κ2) is 9.62. The lowest BCUT2D eigenvalue weighted by Gasteiger charge is -2.26. The zero-order chi connectivity index (χ0) is 22.6. The number of rotatable bonds is 6. The average molecular weight is 458 g/mol. The average Bonchev–Trinajstić information content (AvgIpc) is 3.28. The van der Waals surface area contributed by atoms with E-state index in [9.17, 15) is 9.59 Å². The summed E-state index contributed by atoms with van der Waals surface area (Å²) in [5.74, 6) is -0.221. The second-order valence-electron chi connectivity index (χ2n) is 7.92. The molecule has 4 aromatic rings. The van der Waals surface area contributed by atoms with Crippen molar-refractivity contribution in [2.45, 2.75) is 6.54 Å². The molecule has 0 unspecified atom stereocenters. The van der Waals surface area contributed by atoms with E-state index in [1.54, 1.807) is 6.07 Å². The topological polar surface area (TPSA) is 71.5 Å². The summed E-state index contributed by atoms with van der Waals surface area (Å²) < 4.78 is 6.27. The second-order valence-corrected chi connectivity index (χ2v) is 8.92. The van der Waals surface area contributed by atoms with Crippen molar-refractivity contribution in [1.82, 2.24) is 9.88 Å². The highest BCUT2D eigenvalue weighted by atomic mass is 32.1. The summed E-state index contributed by atoms with van der Waals surface area (Å²) in [7, 11) is 0. The molecule has 166 valence electrons. The van der Waals surface area contributed by atoms with Gasteiger partial charge in [-0.05, 0) is 29.3 Å². The summed E-state index contributed by atoms with van der Waals surface area (Å²) in [5, 5.41) is 3.38. The zero-order valence-corrected chi connectivity index (χ0v) is 18.8. The highest BCUT2D eigenvalue weighted by Crippen LogP contribution is 2.36. The molecule has 1 fully saturated rings. The number of hydrogen-bond acceptors (Lipinski definition) is 6. The molecule has 1 N–H and O–H groups in total. The van der Waals surface area contributed by atoms with Crippen molar-refractivity contribution < 1.29 is 14.3 Å². The van der Waals surface area contributed by atoms with Crippen LogP contribution in [-0.2, 0) is 11.3 Å². The maximum absolute atomic E-state index is 12.9. The van der Waals surface area contributed by atoms with Crippen molar-refractivity contribution in [3.63, 3.8) is 0 Å². The standard InChI is InChI=1S/C26H23N3O3S/c30-17-21-10-11-22(19-4-2-1-3-5-19)24-23(21)27-26(33-24)28-25(31)20-8-6-18(7-9-20)16-29-12-14-32-15-13-29/h1-11,17H,12-16H2,(H,27,28,31). The number of carbonyl (C=O) groups is 2. The molecule has 0 saturated carbocycles. The quantitative estimate of drug-likeness (QED) is 0.419. The van der Waals surface area contributed by atoms with E-state index in [-0.39, 0.29) is 5.91 Å². The van der Waals surface area contributed by atoms with Crippen LogP contribution in [-0.4, -0.2) is 48.4 Å². The van der Waals surface area contributed by atoms with Gasteiger partial charge in [0, 0.05) is 36.3 Å². The smallest absolute Gasteiger partial charge is 0.257 e. The van der Waals surface area contributed by atoms with Crippen LogP contribution in [0.2, 0.25) is 0 Å². The molecule has 7 heteroatoms. The monoisotopic (exact) mass is 457 g/mol. The molecule has 0 radical (unpaired) electrons. The van der Waals surface area contributed by atoms with Crippen LogP contribution in [0, 0.1) is 0 Å². The molecule has 5 rings (SSSR count). The predicted molar refractivity (Wildman–Crippen MR) is 131 cm³/mol. The number of amides is 1. The number of aromatic nitrogens is 1. The van der Waals surface area contributed by atoms with E-state index >= 15 is 0 Å². The number of ether oxygens (including phenoxy) is 1. The summed E-state index contributed by atoms with van der Waals surface area (Å²) in [6.45, 7) is 4.22. The first-order chi connectivity index (χ1) is 16.2. The summed E-state index contributed by atoms with van der Waals surface area (Å²) in [4.78, 5) is 31.3. The lowest BCUT2D eigenvalue weighted by atomic mass is 10.0. The van der Waals surface area contributed by atoms with Crippen molar-refractivity contribution >= 4 is 38.9 Å². The van der Waals surface area contributed by atoms with Crippen molar-refractivity contribution in [2.24, 2.45) is 0 Å². The van der Waals surface area contributed by atoms with Crippen molar-refractivity contribution in [3.05, 3.63) is 83.4 Å². The Kier molecular flexibility index (Phi) is 6.26. The van der Waals surface area contributed by atoms with Gasteiger partial charge in [0.2, 0.25) is 0 Å². The number of fused-ring (bicyclic) bond motifs is 1. The Morgan fingerprint density at radius 1 is 1.03 bits per heavy atom. The minimum absolute atomic E-state index is 0.221. The first-order valence-electron chi connectivity index (χ1n) is 10.9. The van der Waals surface area contributed by atoms with Crippen LogP contribution >= 0.6 is 11.3 Å². The van der Waals surface area contributed by atoms with E-state index < -0.39 is 0 Å². The minimum atomic E-state index is -0.221. The maximum Gasteiger partial charge on any atom is 0.257 e. The largest absolute Gasteiger partial charge is 0.379 e. The molecule has 1 aliphatic heterocycles. The third-order valence-corrected chi connectivity index (χ3v) is 6.74. The number of nitrogens with one attached hydrogen (secondary N) is 1. The van der Waals surface area contributed by atoms with Crippen LogP contribution in [0.1, 0.15) is 26.3 Å². The molecule has 33 heavy (non-hydrogen) atoms. The van der Waals surface area contributed by atoms with E-state index in [4.69, 9.17) is 4.74 Å². The van der Waals surface area contributed by atoms with E-state index in [1.165, 1.54) is 11.3 Å². The normalized spacial score (nSPS) is 14.3. The molecule has 6 nitrogen and oxygen atoms in total. The van der Waals surface area contributed by atoms with Gasteiger partial charge >= 0.3 is 0 Å². The van der Waals surface area contributed by atoms with Gasteiger partial charge in [-0.2, -0.15) is 0 Å². The number of hydrogen-bond donors (Lipinski definition) is 1. The summed E-state index contributed by atoms with van der Waals surface area (Å²) >= 11 is 1.38. The summed E-state index contributed by atoms with van der Waals surface area (Å²) in [6.07, 6.45) is 0.801. The fourth-order valence-electron chi connectivity index (χ4n) is 3.97. The van der Waals surface area contributed by atoms with Crippen molar-refractivity contribution in [1.29, 1.82) is 0 Å². The van der Waals surface area contributed by atoms with E-state index in [0.29, 0.717) is 21.8 Å². The number of morpholine rings is 1. The number of carbonyl (C=O) groups excluding carboxylic acids is 2. The molecule has 2 heterocycles. The van der Waals surface area contributed by atoms with Crippen LogP contribution in [0.25, 0.3) is 21.3 Å². The van der Waals surface area contributed by atoms with Gasteiger partial charge in [0.15, 0.2) is 11.4 Å². The van der Waals surface area contributed by atoms with Gasteiger partial charge in [-0.1, -0.05) is 59.9 Å². The van der Waals surface area contributed by atoms with E-state index in [2.05, 4.69) is 15.2 Å². The molecule has 3 aromatic carbocycles. The molecular formula is C26H23N3O3S. The first kappa shape index (κ1) is 21.5. The number of thiazole rings is 1. The Bertz CT molecular complexity index is 1280. The lowest BCUT2D eigenvalue weighted by Crippen LogP contribution is -2.35. The number of aldehydes is 1. The molecule has 0 spiro atoms. The molecule has 1 aliphatic rings. The Morgan fingerprint density at radius 2 is 1.79 bits per heavy atom. The Balaban J connectivity index is 1.36. The van der Waals surface area contributed by atoms with Crippen LogP contribution in [0.4, 0.5) is 5.13 Å². The van der Waals surface area contributed by atoms with Gasteiger partial charge in [0.25, 0.3) is 5.91 Å². The fourth-order valence-corrected chi connectivity index (χ4v) is 5.00. The zero-order valence-electron chi connectivity index (χ0n) is 18.0. The molecule has 1 aromatic heterocycles. The first-order valence-corrected chi connectivity index (χ1v) is 11.7. The van der Waals surface area contributed by atoms with Crippen LogP contribution in [0.3, 0.4) is 0 Å². The SMILES string of the molecule is O=Cc1ccc(-c2ccccc2)c2sc(NC(=O)c3ccc(CN4CCOCC4)cc3)nc12. The molecule has 1 saturated heterocycles. The number of benzene rings is 3. The van der Waals surface area contributed by atoms with Crippen LogP contribution in [0.5, 0.6) is 0 Å². The van der Waals surface area contributed by atoms with Crippen molar-refractivity contribution in [3.8, 4) is 11.1 Å². The third-order valence-electron chi connectivity index (χ3n) is 5.73. The van der Waals surface area contributed by atoms with E-state index in [0.717, 1.165) is 60.5 Å². The Labute approximate surface area is 195 Å². The molecule has 0 atom stereocenters. The predicted octanol–water partition coefficient (Wildman–Crippen LogP) is 4.86. The van der Waals surface area contributed by atoms with Gasteiger partial charge in [-0.3, -0.25) is 19.8 Å². The highest BCUT2D eigenvalue weighted by molar-refractivity contribution is 7.23. The Morgan fingerprint density at radius 3 is 2.52 bits per heavy atom. The molecule has 0 bridgehead atoms. The van der Waals surface area contributed by atoms with Crippen LogP contribution in [0.15, 0.2) is 66.7 Å². The maximum atomic E-state index is 12.9. The lowest BCUT2D eigenvalue weighted by molar-refractivity contribution is 0.0342. The minimum Gasteiger partial charge on any atom is -0.379 e. The van der Waals surface area contributed by atoms with Gasteiger partial charge in [-0.15, -0.1) is 0 Å². The van der Waals surface area contributed by atoms with Gasteiger partial charge in [0.05, 0.1) is 23.4 Å². The molecular weight excluding hydrogens is 434 g/mol. The fraction of sp³-hybridized carbons (Fsp3) is 0.192. The third kappa shape index (κ3) is 4.71. The van der Waals surface area contributed by atoms with E-state index in [1.807, 2.05) is 60.7 Å². The Hall–Kier alpha value is -3.39. The summed E-state index contributed by atoms with van der Waals surface area (Å²) in [6, 6.07) is 21.3. The highest BCUT2D eigenvalue weighted by Gasteiger charge is 2.16. The van der Waals surface area contributed by atoms with Gasteiger partial charge in [-0.25, -0.2) is 4.98 Å². The summed E-state index contributed by atoms with van der Waals surface area (Å²) in [5.41, 5.74) is 4.87. The van der Waals surface area contributed by atoms with Crippen molar-refractivity contribution in [2.75, 3.05) is 31.6 Å². The molecule has 0 aliphatic carbocycles. The van der Waals surface area contributed by atoms with Gasteiger partial charge < -0.3 is 4.74 Å². The van der Waals surface area contributed by atoms with Gasteiger partial charge in [0.1, 0.15) is 0 Å². The number of anilines is 1. The molecule has 1 amide bonds. The van der Waals surface area contributed by atoms with Crippen LogP contribution < -0.4 is 5.32 Å². The number of nitrogens with zero attached hydrogens (tertiary/aromatic N) is 2.